The third kappa shape index (κ3) is 5.90. The van der Waals surface area contributed by atoms with E-state index in [0.29, 0.717) is 71.4 Å². The highest BCUT2D eigenvalue weighted by molar-refractivity contribution is 6.00. The normalized spacial score (nSPS) is 22.2. The van der Waals surface area contributed by atoms with Gasteiger partial charge in [0.1, 0.15) is 22.9 Å². The van der Waals surface area contributed by atoms with Crippen molar-refractivity contribution in [3.8, 4) is 17.3 Å². The first-order valence-corrected chi connectivity index (χ1v) is 20.6. The van der Waals surface area contributed by atoms with Gasteiger partial charge in [-0.15, -0.1) is 0 Å². The Morgan fingerprint density at radius 3 is 2.34 bits per heavy atom. The van der Waals surface area contributed by atoms with Crippen LogP contribution in [0.3, 0.4) is 0 Å². The molecule has 0 spiro atoms. The summed E-state index contributed by atoms with van der Waals surface area (Å²) in [4.78, 5) is 46.7. The number of carbonyl (C=O) groups is 1. The number of hydrogen-bond donors (Lipinski definition) is 1. The maximum Gasteiger partial charge on any atom is 0.438 e. The lowest BCUT2D eigenvalue weighted by Crippen LogP contribution is -2.41. The molecule has 0 bridgehead atoms. The second kappa shape index (κ2) is 13.6. The van der Waals surface area contributed by atoms with Gasteiger partial charge in [-0.2, -0.15) is 10.2 Å². The van der Waals surface area contributed by atoms with Crippen LogP contribution in [-0.4, -0.2) is 73.0 Å². The third-order valence-corrected chi connectivity index (χ3v) is 13.2. The number of carbonyl (C=O) groups excluding carboxylic acids is 1. The standard InChI is InChI=1S/C44H46F2N10O5/c1-23-16-30(17-24(2)36(23)46)56-38(54-14-13-53(42(54)59)37-31(45)22-47-51(37)7)35-26(4)52(12-10-32(35)49-56)39(57)34-19-29-18-27(28-11-15-60-43(5,6)21-28)8-9-33(29)55(34)44(20-25(44)3)40-48-41(58)61-50-40/h8-9,13-14,16-19,22,25-26,28H,10-12,15,20-21H2,1-7H3,(H,48,50,58)/t25-,26-,28-,44-/m0/s1. The van der Waals surface area contributed by atoms with Crippen LogP contribution in [-0.2, 0) is 23.7 Å². The highest BCUT2D eigenvalue weighted by atomic mass is 19.1. The molecule has 0 radical (unpaired) electrons. The largest absolute Gasteiger partial charge is 0.438 e. The molecular weight excluding hydrogens is 787 g/mol. The predicted octanol–water partition coefficient (Wildman–Crippen LogP) is 6.29. The zero-order valence-electron chi connectivity index (χ0n) is 35.0. The Morgan fingerprint density at radius 2 is 1.70 bits per heavy atom. The molecule has 2 aromatic carbocycles. The number of halogens is 2. The second-order valence-corrected chi connectivity index (χ2v) is 17.6. The summed E-state index contributed by atoms with van der Waals surface area (Å²) in [5, 5.41) is 14.0. The number of amides is 1. The smallest absolute Gasteiger partial charge is 0.376 e. The van der Waals surface area contributed by atoms with Crippen molar-refractivity contribution < 1.29 is 22.8 Å². The summed E-state index contributed by atoms with van der Waals surface area (Å²) in [6.45, 7) is 12.5. The summed E-state index contributed by atoms with van der Waals surface area (Å²) in [5.74, 6) is -1.04. The van der Waals surface area contributed by atoms with Crippen LogP contribution >= 0.6 is 0 Å². The molecular formula is C44H46F2N10O5. The van der Waals surface area contributed by atoms with Crippen molar-refractivity contribution in [2.24, 2.45) is 13.0 Å². The zero-order valence-corrected chi connectivity index (χ0v) is 35.0. The number of fused-ring (bicyclic) bond motifs is 2. The number of aryl methyl sites for hydroxylation is 3. The minimum Gasteiger partial charge on any atom is -0.376 e. The molecule has 15 nitrogen and oxygen atoms in total. The van der Waals surface area contributed by atoms with Crippen molar-refractivity contribution in [3.05, 3.63) is 127 Å². The minimum absolute atomic E-state index is 0.00406. The molecule has 7 heterocycles. The molecule has 1 aliphatic carbocycles. The molecule has 4 atom stereocenters. The topological polar surface area (TPSA) is 156 Å². The van der Waals surface area contributed by atoms with Gasteiger partial charge in [-0.3, -0.25) is 18.9 Å². The Balaban J connectivity index is 1.13. The van der Waals surface area contributed by atoms with Crippen molar-refractivity contribution in [1.29, 1.82) is 0 Å². The number of H-pyrrole nitrogens is 1. The quantitative estimate of drug-likeness (QED) is 0.197. The number of aromatic amines is 1. The number of ether oxygens (including phenoxy) is 1. The van der Waals surface area contributed by atoms with Gasteiger partial charge in [0, 0.05) is 55.5 Å². The SMILES string of the molecule is Cc1cc(-n2nc3c(c2-n2ccn(-c4c(F)cnn4C)c2=O)[C@H](C)N(C(=O)c2cc4cc([C@H]5CCOC(C)(C)C5)ccc4n2[C@@]2(c4noc(=O)[nH]4)C[C@@H]2C)CC3)cc(C)c1F. The predicted molar refractivity (Wildman–Crippen MR) is 220 cm³/mol. The number of imidazole rings is 1. The van der Waals surface area contributed by atoms with Crippen LogP contribution in [0, 0.1) is 31.4 Å². The molecule has 61 heavy (non-hydrogen) atoms. The molecule has 2 aliphatic heterocycles. The van der Waals surface area contributed by atoms with Crippen LogP contribution in [0.4, 0.5) is 8.78 Å². The molecule has 3 aliphatic rings. The summed E-state index contributed by atoms with van der Waals surface area (Å²) in [7, 11) is 1.54. The van der Waals surface area contributed by atoms with E-state index < -0.39 is 28.8 Å². The molecule has 1 amide bonds. The number of rotatable bonds is 7. The first-order chi connectivity index (χ1) is 29.1. The van der Waals surface area contributed by atoms with Crippen LogP contribution in [0.2, 0.25) is 0 Å². The first-order valence-electron chi connectivity index (χ1n) is 20.6. The van der Waals surface area contributed by atoms with E-state index in [1.54, 1.807) is 42.6 Å². The van der Waals surface area contributed by atoms with Gasteiger partial charge in [-0.1, -0.05) is 18.1 Å². The average molecular weight is 833 g/mol. The van der Waals surface area contributed by atoms with E-state index in [9.17, 15) is 9.59 Å². The monoisotopic (exact) mass is 832 g/mol. The molecule has 316 valence electrons. The third-order valence-electron chi connectivity index (χ3n) is 13.2. The van der Waals surface area contributed by atoms with Gasteiger partial charge in [-0.25, -0.2) is 32.3 Å². The Labute approximate surface area is 348 Å². The van der Waals surface area contributed by atoms with Gasteiger partial charge in [0.2, 0.25) is 0 Å². The Bertz CT molecular complexity index is 3010. The molecule has 10 rings (SSSR count). The van der Waals surface area contributed by atoms with E-state index in [2.05, 4.69) is 54.2 Å². The fourth-order valence-corrected chi connectivity index (χ4v) is 10.1. The van der Waals surface area contributed by atoms with Crippen LogP contribution < -0.4 is 11.4 Å². The lowest BCUT2D eigenvalue weighted by Gasteiger charge is -2.35. The van der Waals surface area contributed by atoms with Gasteiger partial charge in [0.05, 0.1) is 29.2 Å². The zero-order chi connectivity index (χ0) is 42.9. The number of nitrogens with one attached hydrogen (secondary N) is 1. The highest BCUT2D eigenvalue weighted by Gasteiger charge is 2.59. The summed E-state index contributed by atoms with van der Waals surface area (Å²) in [6.07, 6.45) is 6.73. The van der Waals surface area contributed by atoms with Gasteiger partial charge < -0.3 is 14.2 Å². The van der Waals surface area contributed by atoms with Gasteiger partial charge in [0.25, 0.3) is 5.91 Å². The van der Waals surface area contributed by atoms with Crippen molar-refractivity contribution in [1.82, 2.24) is 48.3 Å². The van der Waals surface area contributed by atoms with Crippen LogP contribution in [0.1, 0.15) is 103 Å². The Hall–Kier alpha value is -6.36. The molecule has 2 fully saturated rings. The highest BCUT2D eigenvalue weighted by Crippen LogP contribution is 2.56. The van der Waals surface area contributed by atoms with Crippen molar-refractivity contribution in [2.75, 3.05) is 13.2 Å². The molecule has 1 saturated carbocycles. The van der Waals surface area contributed by atoms with Crippen LogP contribution in [0.25, 0.3) is 28.2 Å². The van der Waals surface area contributed by atoms with Gasteiger partial charge >= 0.3 is 11.4 Å². The number of aromatic nitrogens is 9. The maximum absolute atomic E-state index is 15.4. The van der Waals surface area contributed by atoms with Crippen molar-refractivity contribution >= 4 is 16.8 Å². The van der Waals surface area contributed by atoms with Gasteiger partial charge in [0.15, 0.2) is 17.5 Å². The van der Waals surface area contributed by atoms with Crippen molar-refractivity contribution in [2.45, 2.75) is 90.3 Å². The summed E-state index contributed by atoms with van der Waals surface area (Å²) in [5.41, 5.74) is 3.29. The van der Waals surface area contributed by atoms with E-state index in [4.69, 9.17) is 14.4 Å². The van der Waals surface area contributed by atoms with E-state index in [0.717, 1.165) is 35.5 Å². The van der Waals surface area contributed by atoms with E-state index >= 15 is 13.6 Å². The van der Waals surface area contributed by atoms with Gasteiger partial charge in [-0.05, 0) is 113 Å². The fourth-order valence-electron chi connectivity index (χ4n) is 10.1. The lowest BCUT2D eigenvalue weighted by atomic mass is 9.83. The summed E-state index contributed by atoms with van der Waals surface area (Å²) < 4.78 is 48.6. The molecule has 0 unspecified atom stereocenters. The molecule has 5 aromatic heterocycles. The Morgan fingerprint density at radius 1 is 0.984 bits per heavy atom. The number of benzene rings is 2. The van der Waals surface area contributed by atoms with E-state index in [1.165, 1.54) is 26.2 Å². The molecule has 17 heteroatoms. The fraction of sp³-hybridized carbons (Fsp3) is 0.409. The second-order valence-electron chi connectivity index (χ2n) is 17.6. The van der Waals surface area contributed by atoms with Crippen molar-refractivity contribution in [3.63, 3.8) is 0 Å². The average Bonchev–Trinajstić information content (AvgIpc) is 3.82. The summed E-state index contributed by atoms with van der Waals surface area (Å²) >= 11 is 0. The molecule has 7 aromatic rings. The number of nitrogens with zero attached hydrogens (tertiary/aromatic N) is 9. The molecule has 1 N–H and O–H groups in total. The van der Waals surface area contributed by atoms with Crippen LogP contribution in [0.15, 0.2) is 69.1 Å². The minimum atomic E-state index is -0.850. The van der Waals surface area contributed by atoms with E-state index in [1.807, 2.05) is 17.6 Å². The Kier molecular flexibility index (Phi) is 8.64. The maximum atomic E-state index is 15.4. The first kappa shape index (κ1) is 38.8. The lowest BCUT2D eigenvalue weighted by molar-refractivity contribution is -0.0592. The van der Waals surface area contributed by atoms with Crippen LogP contribution in [0.5, 0.6) is 0 Å². The molecule has 1 saturated heterocycles. The number of hydrogen-bond acceptors (Lipinski definition) is 8. The summed E-state index contributed by atoms with van der Waals surface area (Å²) in [6, 6.07) is 11.0. The van der Waals surface area contributed by atoms with E-state index in [-0.39, 0.29) is 35.0 Å².